The van der Waals surface area contributed by atoms with Crippen molar-refractivity contribution in [1.82, 2.24) is 15.1 Å². The maximum absolute atomic E-state index is 12.3. The Labute approximate surface area is 122 Å². The normalized spacial score (nSPS) is 17.4. The fraction of sp³-hybridized carbons (Fsp3) is 0.750. The average Bonchev–Trinajstić information content (AvgIpc) is 2.90. The fourth-order valence-electron chi connectivity index (χ4n) is 2.08. The number of hydrogen-bond acceptors (Lipinski definition) is 5. The first kappa shape index (κ1) is 17.0. The van der Waals surface area contributed by atoms with Crippen LogP contribution < -0.4 is 5.32 Å². The highest BCUT2D eigenvalue weighted by molar-refractivity contribution is 5.80. The summed E-state index contributed by atoms with van der Waals surface area (Å²) in [6.45, 7) is 0.866. The number of carbonyl (C=O) groups is 3. The standard InChI is InChI=1S/C12H21N3O6/c1-20-6-5-15(8-10(16)17)12(19)14-4-3-9(7-14)13-11(18)21-2/h9H,3-8H2,1-2H3,(H,13,18)(H,16,17). The van der Waals surface area contributed by atoms with Gasteiger partial charge in [0.25, 0.3) is 0 Å². The van der Waals surface area contributed by atoms with Crippen LogP contribution in [0.15, 0.2) is 0 Å². The first-order valence-corrected chi connectivity index (χ1v) is 6.57. The molecule has 1 aliphatic heterocycles. The molecule has 0 aliphatic carbocycles. The number of likely N-dealkylation sites (tertiary alicyclic amines) is 1. The van der Waals surface area contributed by atoms with E-state index in [4.69, 9.17) is 9.84 Å². The maximum Gasteiger partial charge on any atom is 0.407 e. The van der Waals surface area contributed by atoms with E-state index in [1.54, 1.807) is 0 Å². The maximum atomic E-state index is 12.3. The van der Waals surface area contributed by atoms with Gasteiger partial charge < -0.3 is 29.7 Å². The third kappa shape index (κ3) is 5.46. The summed E-state index contributed by atoms with van der Waals surface area (Å²) in [4.78, 5) is 36.9. The summed E-state index contributed by atoms with van der Waals surface area (Å²) in [5.41, 5.74) is 0. The summed E-state index contributed by atoms with van der Waals surface area (Å²) in [6.07, 6.45) is 0.0579. The predicted molar refractivity (Wildman–Crippen MR) is 72.0 cm³/mol. The molecule has 1 aliphatic rings. The topological polar surface area (TPSA) is 108 Å². The third-order valence-electron chi connectivity index (χ3n) is 3.13. The van der Waals surface area contributed by atoms with Gasteiger partial charge in [-0.2, -0.15) is 0 Å². The molecule has 2 N–H and O–H groups in total. The molecular formula is C12H21N3O6. The quantitative estimate of drug-likeness (QED) is 0.689. The van der Waals surface area contributed by atoms with E-state index in [0.29, 0.717) is 19.5 Å². The molecule has 0 aromatic heterocycles. The second-order valence-electron chi connectivity index (χ2n) is 4.66. The molecule has 0 radical (unpaired) electrons. The summed E-state index contributed by atoms with van der Waals surface area (Å²) < 4.78 is 9.38. The number of rotatable bonds is 6. The Balaban J connectivity index is 2.55. The monoisotopic (exact) mass is 303 g/mol. The predicted octanol–water partition coefficient (Wildman–Crippen LogP) is -0.430. The van der Waals surface area contributed by atoms with Crippen molar-refractivity contribution in [3.05, 3.63) is 0 Å². The number of methoxy groups -OCH3 is 2. The number of hydrogen-bond donors (Lipinski definition) is 2. The fourth-order valence-corrected chi connectivity index (χ4v) is 2.08. The van der Waals surface area contributed by atoms with Gasteiger partial charge in [0.05, 0.1) is 19.8 Å². The largest absolute Gasteiger partial charge is 0.480 e. The molecule has 1 heterocycles. The van der Waals surface area contributed by atoms with Crippen LogP contribution in [0.4, 0.5) is 9.59 Å². The molecule has 0 aromatic rings. The van der Waals surface area contributed by atoms with Crippen LogP contribution in [0.5, 0.6) is 0 Å². The van der Waals surface area contributed by atoms with E-state index in [-0.39, 0.29) is 31.8 Å². The van der Waals surface area contributed by atoms with Gasteiger partial charge in [0, 0.05) is 26.7 Å². The van der Waals surface area contributed by atoms with E-state index in [2.05, 4.69) is 10.1 Å². The molecule has 1 atom stereocenters. The van der Waals surface area contributed by atoms with Crippen molar-refractivity contribution in [2.45, 2.75) is 12.5 Å². The van der Waals surface area contributed by atoms with Crippen LogP contribution in [0.1, 0.15) is 6.42 Å². The number of nitrogens with one attached hydrogen (secondary N) is 1. The first-order valence-electron chi connectivity index (χ1n) is 6.57. The van der Waals surface area contributed by atoms with Crippen LogP contribution in [0.3, 0.4) is 0 Å². The molecule has 0 saturated carbocycles. The lowest BCUT2D eigenvalue weighted by molar-refractivity contribution is -0.137. The summed E-state index contributed by atoms with van der Waals surface area (Å²) >= 11 is 0. The lowest BCUT2D eigenvalue weighted by Crippen LogP contribution is -2.47. The number of amides is 3. The zero-order valence-corrected chi connectivity index (χ0v) is 12.2. The molecule has 1 rings (SSSR count). The Kier molecular flexibility index (Phi) is 6.73. The molecule has 21 heavy (non-hydrogen) atoms. The van der Waals surface area contributed by atoms with E-state index in [0.717, 1.165) is 0 Å². The summed E-state index contributed by atoms with van der Waals surface area (Å²) in [6, 6.07) is -0.556. The summed E-state index contributed by atoms with van der Waals surface area (Å²) in [5, 5.41) is 11.5. The van der Waals surface area contributed by atoms with Crippen LogP contribution in [0.2, 0.25) is 0 Å². The minimum absolute atomic E-state index is 0.185. The van der Waals surface area contributed by atoms with Gasteiger partial charge in [-0.25, -0.2) is 9.59 Å². The Morgan fingerprint density at radius 2 is 2.10 bits per heavy atom. The number of carboxylic acid groups (broad SMARTS) is 1. The third-order valence-corrected chi connectivity index (χ3v) is 3.13. The summed E-state index contributed by atoms with van der Waals surface area (Å²) in [5.74, 6) is -1.08. The van der Waals surface area contributed by atoms with Gasteiger partial charge >= 0.3 is 18.1 Å². The molecule has 120 valence electrons. The lowest BCUT2D eigenvalue weighted by atomic mass is 10.3. The minimum atomic E-state index is -1.08. The molecule has 0 aromatic carbocycles. The molecular weight excluding hydrogens is 282 g/mol. The zero-order valence-electron chi connectivity index (χ0n) is 12.2. The van der Waals surface area contributed by atoms with Gasteiger partial charge in [-0.3, -0.25) is 4.79 Å². The van der Waals surface area contributed by atoms with Crippen molar-refractivity contribution < 1.29 is 29.0 Å². The van der Waals surface area contributed by atoms with Crippen LogP contribution >= 0.6 is 0 Å². The number of aliphatic carboxylic acids is 1. The Hall–Kier alpha value is -2.03. The highest BCUT2D eigenvalue weighted by atomic mass is 16.5. The van der Waals surface area contributed by atoms with Gasteiger partial charge in [0.2, 0.25) is 0 Å². The highest BCUT2D eigenvalue weighted by Gasteiger charge is 2.30. The van der Waals surface area contributed by atoms with Gasteiger partial charge in [0.1, 0.15) is 6.54 Å². The van der Waals surface area contributed by atoms with Gasteiger partial charge in [0.15, 0.2) is 0 Å². The second-order valence-corrected chi connectivity index (χ2v) is 4.66. The molecule has 0 spiro atoms. The van der Waals surface area contributed by atoms with Crippen LogP contribution in [0, 0.1) is 0 Å². The first-order chi connectivity index (χ1) is 9.97. The van der Waals surface area contributed by atoms with Crippen LogP contribution in [-0.4, -0.2) is 86.0 Å². The Morgan fingerprint density at radius 1 is 1.38 bits per heavy atom. The summed E-state index contributed by atoms with van der Waals surface area (Å²) in [7, 11) is 2.75. The van der Waals surface area contributed by atoms with Crippen molar-refractivity contribution in [1.29, 1.82) is 0 Å². The van der Waals surface area contributed by atoms with Gasteiger partial charge in [-0.15, -0.1) is 0 Å². The SMILES string of the molecule is COCCN(CC(=O)O)C(=O)N1CCC(NC(=O)OC)C1. The Bertz CT molecular complexity index is 389. The molecule has 1 unspecified atom stereocenters. The molecule has 1 fully saturated rings. The van der Waals surface area contributed by atoms with Crippen LogP contribution in [0.25, 0.3) is 0 Å². The average molecular weight is 303 g/mol. The lowest BCUT2D eigenvalue weighted by Gasteiger charge is -2.26. The van der Waals surface area contributed by atoms with E-state index in [1.807, 2.05) is 0 Å². The van der Waals surface area contributed by atoms with Gasteiger partial charge in [-0.05, 0) is 6.42 Å². The van der Waals surface area contributed by atoms with E-state index in [1.165, 1.54) is 24.0 Å². The molecule has 9 nitrogen and oxygen atoms in total. The zero-order chi connectivity index (χ0) is 15.8. The number of carboxylic acids is 1. The number of ether oxygens (including phenoxy) is 2. The minimum Gasteiger partial charge on any atom is -0.480 e. The smallest absolute Gasteiger partial charge is 0.407 e. The number of alkyl carbamates (subject to hydrolysis) is 1. The highest BCUT2D eigenvalue weighted by Crippen LogP contribution is 2.12. The van der Waals surface area contributed by atoms with Gasteiger partial charge in [-0.1, -0.05) is 0 Å². The van der Waals surface area contributed by atoms with E-state index < -0.39 is 12.1 Å². The van der Waals surface area contributed by atoms with Crippen molar-refractivity contribution in [2.75, 3.05) is 47.0 Å². The van der Waals surface area contributed by atoms with E-state index in [9.17, 15) is 14.4 Å². The van der Waals surface area contributed by atoms with Crippen molar-refractivity contribution in [2.24, 2.45) is 0 Å². The number of nitrogens with zero attached hydrogens (tertiary/aromatic N) is 2. The van der Waals surface area contributed by atoms with Crippen LogP contribution in [-0.2, 0) is 14.3 Å². The van der Waals surface area contributed by atoms with E-state index >= 15 is 0 Å². The Morgan fingerprint density at radius 3 is 2.67 bits per heavy atom. The molecule has 3 amide bonds. The molecule has 9 heteroatoms. The number of urea groups is 1. The molecule has 1 saturated heterocycles. The molecule has 0 bridgehead atoms. The van der Waals surface area contributed by atoms with Crippen molar-refractivity contribution in [3.63, 3.8) is 0 Å². The number of carbonyl (C=O) groups excluding carboxylic acids is 2. The second kappa shape index (κ2) is 8.30. The van der Waals surface area contributed by atoms with Crippen molar-refractivity contribution >= 4 is 18.1 Å². The van der Waals surface area contributed by atoms with Crippen molar-refractivity contribution in [3.8, 4) is 0 Å².